The summed E-state index contributed by atoms with van der Waals surface area (Å²) in [6.45, 7) is 3.35. The maximum absolute atomic E-state index is 12.2. The predicted molar refractivity (Wildman–Crippen MR) is 92.1 cm³/mol. The van der Waals surface area contributed by atoms with Crippen molar-refractivity contribution >= 4 is 11.6 Å². The molecule has 1 fully saturated rings. The van der Waals surface area contributed by atoms with Crippen molar-refractivity contribution in [3.05, 3.63) is 64.1 Å². The molecule has 1 amide bonds. The minimum atomic E-state index is -0.495. The van der Waals surface area contributed by atoms with Crippen LogP contribution < -0.4 is 5.32 Å². The van der Waals surface area contributed by atoms with Crippen LogP contribution in [0, 0.1) is 16.0 Å². The number of rotatable bonds is 6. The van der Waals surface area contributed by atoms with Crippen LogP contribution in [0.1, 0.15) is 29.0 Å². The molecule has 2 aromatic rings. The smallest absolute Gasteiger partial charge is 0.270 e. The zero-order valence-corrected chi connectivity index (χ0v) is 13.9. The first-order valence-electron chi connectivity index (χ1n) is 8.39. The molecule has 1 aliphatic rings. The highest BCUT2D eigenvalue weighted by Gasteiger charge is 2.21. The van der Waals surface area contributed by atoms with Gasteiger partial charge in [-0.15, -0.1) is 0 Å². The molecule has 0 atom stereocenters. The summed E-state index contributed by atoms with van der Waals surface area (Å²) in [5.41, 5.74) is 0.253. The maximum atomic E-state index is 12.2. The Kier molecular flexibility index (Phi) is 5.45. The van der Waals surface area contributed by atoms with Gasteiger partial charge in [-0.2, -0.15) is 0 Å². The lowest BCUT2D eigenvalue weighted by atomic mass is 9.96. The van der Waals surface area contributed by atoms with E-state index in [1.807, 2.05) is 12.1 Å². The van der Waals surface area contributed by atoms with Crippen LogP contribution in [0.3, 0.4) is 0 Å². The summed E-state index contributed by atoms with van der Waals surface area (Å²) in [5.74, 6) is 1.13. The monoisotopic (exact) mass is 343 g/mol. The molecule has 0 radical (unpaired) electrons. The first-order chi connectivity index (χ1) is 12.1. The van der Waals surface area contributed by atoms with E-state index in [4.69, 9.17) is 4.42 Å². The van der Waals surface area contributed by atoms with E-state index >= 15 is 0 Å². The van der Waals surface area contributed by atoms with Crippen molar-refractivity contribution in [1.82, 2.24) is 10.2 Å². The number of nitro groups is 1. The number of likely N-dealkylation sites (tertiary alicyclic amines) is 1. The van der Waals surface area contributed by atoms with Crippen molar-refractivity contribution in [2.75, 3.05) is 19.6 Å². The first kappa shape index (κ1) is 17.2. The Labute approximate surface area is 145 Å². The Balaban J connectivity index is 1.44. The number of nitrogens with zero attached hydrogens (tertiary/aromatic N) is 2. The van der Waals surface area contributed by atoms with Crippen molar-refractivity contribution in [3.63, 3.8) is 0 Å². The number of furan rings is 1. The van der Waals surface area contributed by atoms with E-state index in [1.54, 1.807) is 12.3 Å². The molecule has 2 heterocycles. The van der Waals surface area contributed by atoms with Crippen molar-refractivity contribution in [2.45, 2.75) is 19.4 Å². The number of nitrogens with one attached hydrogen (secondary N) is 1. The molecule has 0 spiro atoms. The van der Waals surface area contributed by atoms with E-state index in [1.165, 1.54) is 18.2 Å². The average Bonchev–Trinajstić information content (AvgIpc) is 3.14. The summed E-state index contributed by atoms with van der Waals surface area (Å²) in [4.78, 5) is 24.8. The lowest BCUT2D eigenvalue weighted by Crippen LogP contribution is -2.38. The lowest BCUT2D eigenvalue weighted by Gasteiger charge is -2.31. The van der Waals surface area contributed by atoms with Gasteiger partial charge in [0.05, 0.1) is 17.7 Å². The van der Waals surface area contributed by atoms with E-state index in [2.05, 4.69) is 10.2 Å². The zero-order valence-electron chi connectivity index (χ0n) is 13.9. The van der Waals surface area contributed by atoms with Gasteiger partial charge < -0.3 is 9.73 Å². The van der Waals surface area contributed by atoms with E-state index in [-0.39, 0.29) is 11.6 Å². The van der Waals surface area contributed by atoms with Crippen LogP contribution in [0.25, 0.3) is 0 Å². The number of amides is 1. The zero-order chi connectivity index (χ0) is 17.6. The van der Waals surface area contributed by atoms with Crippen LogP contribution in [0.15, 0.2) is 47.1 Å². The number of hydrogen-bond donors (Lipinski definition) is 1. The van der Waals surface area contributed by atoms with E-state index in [9.17, 15) is 14.9 Å². The fraction of sp³-hybridized carbons (Fsp3) is 0.389. The molecule has 25 heavy (non-hydrogen) atoms. The number of carbonyl (C=O) groups excluding carboxylic acids is 1. The molecule has 1 aromatic heterocycles. The third kappa shape index (κ3) is 4.67. The van der Waals surface area contributed by atoms with Crippen molar-refractivity contribution in [2.24, 2.45) is 5.92 Å². The number of carbonyl (C=O) groups is 1. The van der Waals surface area contributed by atoms with Gasteiger partial charge in [-0.05, 0) is 50.0 Å². The predicted octanol–water partition coefficient (Wildman–Crippen LogP) is 2.83. The van der Waals surface area contributed by atoms with Crippen molar-refractivity contribution in [1.29, 1.82) is 0 Å². The van der Waals surface area contributed by atoms with Crippen LogP contribution in [-0.2, 0) is 6.54 Å². The van der Waals surface area contributed by atoms with Gasteiger partial charge in [-0.25, -0.2) is 0 Å². The fourth-order valence-corrected chi connectivity index (χ4v) is 3.07. The van der Waals surface area contributed by atoms with Crippen LogP contribution >= 0.6 is 0 Å². The van der Waals surface area contributed by atoms with Gasteiger partial charge in [0.25, 0.3) is 11.6 Å². The summed E-state index contributed by atoms with van der Waals surface area (Å²) in [6, 6.07) is 9.68. The number of non-ortho nitro benzene ring substituents is 1. The highest BCUT2D eigenvalue weighted by Crippen LogP contribution is 2.19. The van der Waals surface area contributed by atoms with Crippen LogP contribution in [0.2, 0.25) is 0 Å². The lowest BCUT2D eigenvalue weighted by molar-refractivity contribution is -0.384. The second-order valence-electron chi connectivity index (χ2n) is 6.32. The molecule has 1 saturated heterocycles. The normalized spacial score (nSPS) is 15.8. The second kappa shape index (κ2) is 7.94. The molecule has 3 rings (SSSR count). The molecule has 0 aliphatic carbocycles. The van der Waals surface area contributed by atoms with Gasteiger partial charge in [0, 0.05) is 24.2 Å². The topological polar surface area (TPSA) is 88.6 Å². The van der Waals surface area contributed by atoms with Gasteiger partial charge in [-0.1, -0.05) is 6.07 Å². The molecule has 7 heteroatoms. The maximum Gasteiger partial charge on any atom is 0.270 e. The fourth-order valence-electron chi connectivity index (χ4n) is 3.07. The molecule has 0 unspecified atom stereocenters. The highest BCUT2D eigenvalue weighted by atomic mass is 16.6. The Hall–Kier alpha value is -2.67. The number of benzene rings is 1. The van der Waals surface area contributed by atoms with Gasteiger partial charge in [0.2, 0.25) is 0 Å². The number of nitro benzene ring substituents is 1. The van der Waals surface area contributed by atoms with E-state index < -0.39 is 4.92 Å². The molecule has 0 bridgehead atoms. The van der Waals surface area contributed by atoms with Crippen molar-refractivity contribution in [3.8, 4) is 0 Å². The van der Waals surface area contributed by atoms with Gasteiger partial charge in [-0.3, -0.25) is 19.8 Å². The standard InChI is InChI=1S/C18H21N3O4/c22-18(15-3-1-4-16(11-15)21(23)24)19-12-14-6-8-20(9-7-14)13-17-5-2-10-25-17/h1-5,10-11,14H,6-9,12-13H2,(H,19,22). The Morgan fingerprint density at radius 3 is 2.76 bits per heavy atom. The Morgan fingerprint density at radius 1 is 1.28 bits per heavy atom. The Bertz CT molecular complexity index is 722. The third-order valence-electron chi connectivity index (χ3n) is 4.54. The van der Waals surface area contributed by atoms with E-state index in [0.717, 1.165) is 38.2 Å². The average molecular weight is 343 g/mol. The van der Waals surface area contributed by atoms with Crippen LogP contribution in [0.4, 0.5) is 5.69 Å². The molecule has 1 N–H and O–H groups in total. The van der Waals surface area contributed by atoms with Crippen LogP contribution in [-0.4, -0.2) is 35.4 Å². The quantitative estimate of drug-likeness (QED) is 0.643. The summed E-state index contributed by atoms with van der Waals surface area (Å²) in [5, 5.41) is 13.7. The number of hydrogen-bond acceptors (Lipinski definition) is 5. The number of piperidine rings is 1. The molecule has 1 aromatic carbocycles. The van der Waals surface area contributed by atoms with Gasteiger partial charge in [0.15, 0.2) is 0 Å². The molecule has 1 aliphatic heterocycles. The third-order valence-corrected chi connectivity index (χ3v) is 4.54. The SMILES string of the molecule is O=C(NCC1CCN(Cc2ccco2)CC1)c1cccc([N+](=O)[O-])c1. The molecule has 132 valence electrons. The molecule has 0 saturated carbocycles. The summed E-state index contributed by atoms with van der Waals surface area (Å²) in [6.07, 6.45) is 3.71. The van der Waals surface area contributed by atoms with Gasteiger partial charge in [0.1, 0.15) is 5.76 Å². The van der Waals surface area contributed by atoms with Gasteiger partial charge >= 0.3 is 0 Å². The van der Waals surface area contributed by atoms with E-state index in [0.29, 0.717) is 18.0 Å². The van der Waals surface area contributed by atoms with Crippen LogP contribution in [0.5, 0.6) is 0 Å². The van der Waals surface area contributed by atoms with Crippen molar-refractivity contribution < 1.29 is 14.1 Å². The first-order valence-corrected chi connectivity index (χ1v) is 8.39. The molecule has 7 nitrogen and oxygen atoms in total. The second-order valence-corrected chi connectivity index (χ2v) is 6.32. The minimum Gasteiger partial charge on any atom is -0.468 e. The Morgan fingerprint density at radius 2 is 2.08 bits per heavy atom. The summed E-state index contributed by atoms with van der Waals surface area (Å²) >= 11 is 0. The highest BCUT2D eigenvalue weighted by molar-refractivity contribution is 5.94. The molecular formula is C18H21N3O4. The minimum absolute atomic E-state index is 0.0705. The largest absolute Gasteiger partial charge is 0.468 e. The summed E-state index contributed by atoms with van der Waals surface area (Å²) in [7, 11) is 0. The molecular weight excluding hydrogens is 322 g/mol. The summed E-state index contributed by atoms with van der Waals surface area (Å²) < 4.78 is 5.37.